The molecule has 0 amide bonds. The molecular formula is C20H28N2O3S. The summed E-state index contributed by atoms with van der Waals surface area (Å²) in [5.41, 5.74) is 3.89. The van der Waals surface area contributed by atoms with E-state index in [2.05, 4.69) is 41.1 Å². The van der Waals surface area contributed by atoms with Gasteiger partial charge < -0.3 is 4.98 Å². The number of hydrogen-bond donors (Lipinski definition) is 1. The number of nitrogens with zero attached hydrogens (tertiary/aromatic N) is 1. The standard InChI is InChI=1S/C20H28N2O3S/c1-3-20(14-25-26(2,23)24)10-6-11-22-12-9-16-15-7-4-5-8-17(15)21-19(16)18(22)13-20/h4-5,7-8,18,21H,3,6,9-14H2,1-2H3/t18?,20-/m1/s1. The minimum Gasteiger partial charge on any atom is -0.357 e. The van der Waals surface area contributed by atoms with E-state index in [1.165, 1.54) is 22.2 Å². The van der Waals surface area contributed by atoms with E-state index in [9.17, 15) is 8.42 Å². The van der Waals surface area contributed by atoms with Crippen LogP contribution in [-0.4, -0.2) is 44.3 Å². The fraction of sp³-hybridized carbons (Fsp3) is 0.600. The molecule has 4 rings (SSSR count). The van der Waals surface area contributed by atoms with Gasteiger partial charge in [-0.3, -0.25) is 9.08 Å². The van der Waals surface area contributed by atoms with Crippen molar-refractivity contribution in [2.75, 3.05) is 26.0 Å². The summed E-state index contributed by atoms with van der Waals surface area (Å²) in [4.78, 5) is 6.26. The average molecular weight is 377 g/mol. The second kappa shape index (κ2) is 6.66. The molecule has 0 saturated carbocycles. The van der Waals surface area contributed by atoms with E-state index in [0.717, 1.165) is 51.4 Å². The van der Waals surface area contributed by atoms with Gasteiger partial charge >= 0.3 is 0 Å². The number of benzene rings is 1. The van der Waals surface area contributed by atoms with Crippen molar-refractivity contribution >= 4 is 21.0 Å². The summed E-state index contributed by atoms with van der Waals surface area (Å²) in [5, 5.41) is 1.33. The Morgan fingerprint density at radius 3 is 2.88 bits per heavy atom. The number of aromatic nitrogens is 1. The first-order valence-corrected chi connectivity index (χ1v) is 11.4. The number of rotatable bonds is 4. The van der Waals surface area contributed by atoms with Gasteiger partial charge in [0.2, 0.25) is 0 Å². The molecule has 1 aromatic heterocycles. The third-order valence-corrected chi connectivity index (χ3v) is 6.92. The van der Waals surface area contributed by atoms with E-state index in [0.29, 0.717) is 12.6 Å². The number of para-hydroxylation sites is 1. The van der Waals surface area contributed by atoms with E-state index in [1.54, 1.807) is 0 Å². The van der Waals surface area contributed by atoms with Crippen LogP contribution in [0.25, 0.3) is 10.9 Å². The van der Waals surface area contributed by atoms with Crippen molar-refractivity contribution in [2.45, 2.75) is 45.1 Å². The van der Waals surface area contributed by atoms with E-state index in [-0.39, 0.29) is 5.41 Å². The van der Waals surface area contributed by atoms with Crippen LogP contribution in [0.5, 0.6) is 0 Å². The van der Waals surface area contributed by atoms with Crippen LogP contribution in [0, 0.1) is 5.41 Å². The molecule has 2 aliphatic rings. The van der Waals surface area contributed by atoms with Gasteiger partial charge in [0, 0.05) is 23.1 Å². The predicted octanol–water partition coefficient (Wildman–Crippen LogP) is 3.62. The van der Waals surface area contributed by atoms with E-state index in [4.69, 9.17) is 4.18 Å². The monoisotopic (exact) mass is 376 g/mol. The Kier molecular flexibility index (Phi) is 4.61. The zero-order valence-corrected chi connectivity index (χ0v) is 16.4. The van der Waals surface area contributed by atoms with E-state index < -0.39 is 10.1 Å². The second-order valence-corrected chi connectivity index (χ2v) is 9.64. The Morgan fingerprint density at radius 2 is 2.12 bits per heavy atom. The third kappa shape index (κ3) is 3.30. The van der Waals surface area contributed by atoms with Gasteiger partial charge in [-0.1, -0.05) is 25.1 Å². The van der Waals surface area contributed by atoms with Gasteiger partial charge in [-0.15, -0.1) is 0 Å². The van der Waals surface area contributed by atoms with E-state index >= 15 is 0 Å². The molecule has 1 saturated heterocycles. The summed E-state index contributed by atoms with van der Waals surface area (Å²) in [7, 11) is -3.42. The lowest BCUT2D eigenvalue weighted by Crippen LogP contribution is -2.37. The predicted molar refractivity (Wildman–Crippen MR) is 104 cm³/mol. The van der Waals surface area contributed by atoms with Crippen LogP contribution < -0.4 is 0 Å². The van der Waals surface area contributed by atoms with Crippen LogP contribution in [-0.2, 0) is 20.7 Å². The fourth-order valence-corrected chi connectivity index (χ4v) is 5.29. The summed E-state index contributed by atoms with van der Waals surface area (Å²) in [6.07, 6.45) is 6.21. The molecule has 6 heteroatoms. The van der Waals surface area contributed by atoms with Gasteiger partial charge in [-0.05, 0) is 55.7 Å². The molecule has 1 N–H and O–H groups in total. The fourth-order valence-electron chi connectivity index (χ4n) is 4.82. The highest BCUT2D eigenvalue weighted by Gasteiger charge is 2.41. The smallest absolute Gasteiger partial charge is 0.264 e. The molecule has 0 bridgehead atoms. The van der Waals surface area contributed by atoms with Gasteiger partial charge in [0.15, 0.2) is 0 Å². The lowest BCUT2D eigenvalue weighted by molar-refractivity contribution is 0.0938. The molecular weight excluding hydrogens is 348 g/mol. The van der Waals surface area contributed by atoms with Crippen molar-refractivity contribution in [3.63, 3.8) is 0 Å². The van der Waals surface area contributed by atoms with Crippen molar-refractivity contribution in [3.8, 4) is 0 Å². The first-order chi connectivity index (χ1) is 12.4. The highest BCUT2D eigenvalue weighted by molar-refractivity contribution is 7.85. The number of nitrogens with one attached hydrogen (secondary N) is 1. The van der Waals surface area contributed by atoms with Crippen molar-refractivity contribution < 1.29 is 12.6 Å². The first-order valence-electron chi connectivity index (χ1n) is 9.59. The zero-order valence-electron chi connectivity index (χ0n) is 15.6. The average Bonchev–Trinajstić information content (AvgIpc) is 2.88. The SMILES string of the molecule is CC[C@@]1(COS(C)(=O)=O)CCCN2CCc3c([nH]c4ccccc34)C2C1. The van der Waals surface area contributed by atoms with Crippen LogP contribution in [0.1, 0.15) is 49.9 Å². The van der Waals surface area contributed by atoms with Crippen molar-refractivity contribution in [1.29, 1.82) is 0 Å². The molecule has 0 radical (unpaired) electrons. The molecule has 1 fully saturated rings. The molecule has 0 aliphatic carbocycles. The van der Waals surface area contributed by atoms with Crippen LogP contribution in [0.4, 0.5) is 0 Å². The molecule has 2 atom stereocenters. The molecule has 3 heterocycles. The van der Waals surface area contributed by atoms with Crippen LogP contribution in [0.3, 0.4) is 0 Å². The minimum atomic E-state index is -3.42. The third-order valence-electron chi connectivity index (χ3n) is 6.38. The molecule has 26 heavy (non-hydrogen) atoms. The van der Waals surface area contributed by atoms with Crippen molar-refractivity contribution in [3.05, 3.63) is 35.5 Å². The van der Waals surface area contributed by atoms with Gasteiger partial charge in [0.25, 0.3) is 10.1 Å². The van der Waals surface area contributed by atoms with Crippen molar-refractivity contribution in [2.24, 2.45) is 5.41 Å². The van der Waals surface area contributed by atoms with Gasteiger partial charge in [-0.25, -0.2) is 0 Å². The molecule has 1 aromatic carbocycles. The summed E-state index contributed by atoms with van der Waals surface area (Å²) < 4.78 is 28.4. The van der Waals surface area contributed by atoms with Crippen molar-refractivity contribution in [1.82, 2.24) is 9.88 Å². The number of H-pyrrole nitrogens is 1. The lowest BCUT2D eigenvalue weighted by atomic mass is 9.76. The zero-order chi connectivity index (χ0) is 18.4. The minimum absolute atomic E-state index is 0.0889. The Morgan fingerprint density at radius 1 is 1.31 bits per heavy atom. The number of hydrogen-bond acceptors (Lipinski definition) is 4. The second-order valence-electron chi connectivity index (χ2n) is 7.99. The van der Waals surface area contributed by atoms with Gasteiger partial charge in [-0.2, -0.15) is 8.42 Å². The highest BCUT2D eigenvalue weighted by Crippen LogP contribution is 2.46. The lowest BCUT2D eigenvalue weighted by Gasteiger charge is -2.38. The van der Waals surface area contributed by atoms with Gasteiger partial charge in [0.1, 0.15) is 0 Å². The summed E-state index contributed by atoms with van der Waals surface area (Å²) in [6, 6.07) is 8.85. The number of aromatic amines is 1. The maximum absolute atomic E-state index is 11.6. The van der Waals surface area contributed by atoms with Crippen LogP contribution >= 0.6 is 0 Å². The Labute approximate surface area is 155 Å². The quantitative estimate of drug-likeness (QED) is 0.828. The van der Waals surface area contributed by atoms with Crippen LogP contribution in [0.2, 0.25) is 0 Å². The molecule has 2 aromatic rings. The summed E-state index contributed by atoms with van der Waals surface area (Å²) in [5.74, 6) is 0. The Hall–Kier alpha value is -1.37. The Balaban J connectivity index is 1.70. The highest BCUT2D eigenvalue weighted by atomic mass is 32.2. The molecule has 1 unspecified atom stereocenters. The summed E-state index contributed by atoms with van der Waals surface area (Å²) in [6.45, 7) is 4.60. The Bertz CT molecular complexity index is 905. The largest absolute Gasteiger partial charge is 0.357 e. The molecule has 5 nitrogen and oxygen atoms in total. The van der Waals surface area contributed by atoms with Gasteiger partial charge in [0.05, 0.1) is 18.9 Å². The molecule has 0 spiro atoms. The molecule has 2 aliphatic heterocycles. The summed E-state index contributed by atoms with van der Waals surface area (Å²) >= 11 is 0. The normalized spacial score (nSPS) is 27.1. The van der Waals surface area contributed by atoms with E-state index in [1.807, 2.05) is 0 Å². The topological polar surface area (TPSA) is 62.4 Å². The molecule has 142 valence electrons. The first kappa shape index (κ1) is 18.0. The maximum Gasteiger partial charge on any atom is 0.264 e. The number of fused-ring (bicyclic) bond motifs is 5. The van der Waals surface area contributed by atoms with Crippen LogP contribution in [0.15, 0.2) is 24.3 Å². The maximum atomic E-state index is 11.6.